The molecule has 0 radical (unpaired) electrons. The Bertz CT molecular complexity index is 2040. The highest BCUT2D eigenvalue weighted by atomic mass is 35.5. The molecule has 1 saturated carbocycles. The molecule has 4 aromatic carbocycles. The summed E-state index contributed by atoms with van der Waals surface area (Å²) in [7, 11) is -0.850. The number of fused-ring (bicyclic) bond motifs is 1. The summed E-state index contributed by atoms with van der Waals surface area (Å²) < 4.78 is 36.7. The molecule has 0 unspecified atom stereocenters. The van der Waals surface area contributed by atoms with Gasteiger partial charge in [-0.05, 0) is 90.9 Å². The van der Waals surface area contributed by atoms with Gasteiger partial charge >= 0.3 is 0 Å². The summed E-state index contributed by atoms with van der Waals surface area (Å²) in [6, 6.07) is 27.3. The van der Waals surface area contributed by atoms with Gasteiger partial charge in [0.2, 0.25) is 10.0 Å². The molecule has 1 saturated heterocycles. The number of aromatic nitrogens is 2. The Morgan fingerprint density at radius 1 is 0.854 bits per heavy atom. The summed E-state index contributed by atoms with van der Waals surface area (Å²) >= 11 is 12.5. The number of benzene rings is 4. The van der Waals surface area contributed by atoms with E-state index >= 15 is 0 Å². The monoisotopic (exact) mass is 702 g/mol. The molecular weight excluding hydrogens is 667 g/mol. The summed E-state index contributed by atoms with van der Waals surface area (Å²) in [5, 5.41) is 10.1. The normalized spacial score (nSPS) is 16.0. The van der Waals surface area contributed by atoms with Gasteiger partial charge in [-0.3, -0.25) is 9.48 Å². The quantitative estimate of drug-likeness (QED) is 0.158. The number of nitrogens with one attached hydrogen (secondary N) is 1. The highest BCUT2D eigenvalue weighted by Crippen LogP contribution is 2.44. The number of ether oxygens (including phenoxy) is 1. The van der Waals surface area contributed by atoms with Gasteiger partial charge in [0.15, 0.2) is 0 Å². The Balaban J connectivity index is 1.21. The van der Waals surface area contributed by atoms with Crippen molar-refractivity contribution in [3.63, 3.8) is 0 Å². The maximum absolute atomic E-state index is 13.8. The number of carbonyl (C=O) groups excluding carboxylic acids is 1. The van der Waals surface area contributed by atoms with E-state index in [0.717, 1.165) is 40.4 Å². The average Bonchev–Trinajstić information content (AvgIpc) is 3.89. The number of halogens is 2. The van der Waals surface area contributed by atoms with Crippen LogP contribution in [-0.4, -0.2) is 55.7 Å². The molecule has 1 N–H and O–H groups in total. The second-order valence-electron chi connectivity index (χ2n) is 12.5. The maximum Gasteiger partial charge on any atom is 0.254 e. The fourth-order valence-corrected chi connectivity index (χ4v) is 8.62. The van der Waals surface area contributed by atoms with Gasteiger partial charge in [0.25, 0.3) is 5.91 Å². The molecule has 0 bridgehead atoms. The lowest BCUT2D eigenvalue weighted by atomic mass is 9.84. The van der Waals surface area contributed by atoms with Crippen LogP contribution < -0.4 is 10.1 Å². The van der Waals surface area contributed by atoms with Crippen LogP contribution in [0.25, 0.3) is 10.9 Å². The molecule has 8 nitrogen and oxygen atoms in total. The number of rotatable bonds is 9. The zero-order valence-electron chi connectivity index (χ0n) is 26.7. The predicted molar refractivity (Wildman–Crippen MR) is 189 cm³/mol. The zero-order chi connectivity index (χ0) is 33.6. The number of sulfonamides is 1. The largest absolute Gasteiger partial charge is 0.496 e. The first-order valence-corrected chi connectivity index (χ1v) is 18.3. The summed E-state index contributed by atoms with van der Waals surface area (Å²) in [5.41, 5.74) is 5.80. The van der Waals surface area contributed by atoms with Crippen LogP contribution in [-0.2, 0) is 10.0 Å². The van der Waals surface area contributed by atoms with Crippen molar-refractivity contribution in [2.24, 2.45) is 0 Å². The standard InChI is InChI=1S/C37H36Cl2N4O4S/c1-40-37(44)31-15-14-30(22-34(31)47-2)48(45,46)42-19-17-25(18-20-42)36-32-21-26(7-16-33(32)41-43(36)29-12-13-29)35(23-3-8-27(38)9-4-23)24-5-10-28(39)11-6-24/h3-11,14-16,21-22,25,29,35H,12-13,17-20H2,1-2H3,(H,40,44). The minimum atomic E-state index is -3.80. The van der Waals surface area contributed by atoms with E-state index in [4.69, 9.17) is 33.0 Å². The summed E-state index contributed by atoms with van der Waals surface area (Å²) in [4.78, 5) is 12.3. The number of nitrogens with zero attached hydrogens (tertiary/aromatic N) is 3. The predicted octanol–water partition coefficient (Wildman–Crippen LogP) is 7.79. The smallest absolute Gasteiger partial charge is 0.254 e. The molecule has 1 aromatic heterocycles. The van der Waals surface area contributed by atoms with E-state index < -0.39 is 10.0 Å². The summed E-state index contributed by atoms with van der Waals surface area (Å²) in [6.45, 7) is 0.753. The van der Waals surface area contributed by atoms with Gasteiger partial charge in [-0.25, -0.2) is 8.42 Å². The van der Waals surface area contributed by atoms with E-state index in [-0.39, 0.29) is 34.0 Å². The molecule has 7 rings (SSSR count). The Labute approximate surface area is 290 Å². The molecule has 2 heterocycles. The van der Waals surface area contributed by atoms with Crippen molar-refractivity contribution in [1.29, 1.82) is 0 Å². The number of piperidine rings is 1. The molecular formula is C37H36Cl2N4O4S. The molecule has 48 heavy (non-hydrogen) atoms. The van der Waals surface area contributed by atoms with Gasteiger partial charge < -0.3 is 10.1 Å². The summed E-state index contributed by atoms with van der Waals surface area (Å²) in [6.07, 6.45) is 3.52. The Morgan fingerprint density at radius 3 is 2.02 bits per heavy atom. The highest BCUT2D eigenvalue weighted by Gasteiger charge is 2.36. The lowest BCUT2D eigenvalue weighted by Crippen LogP contribution is -2.38. The molecule has 1 amide bonds. The van der Waals surface area contributed by atoms with Gasteiger partial charge in [0.05, 0.1) is 29.1 Å². The Morgan fingerprint density at radius 2 is 1.46 bits per heavy atom. The number of carbonyl (C=O) groups is 1. The van der Waals surface area contributed by atoms with Crippen LogP contribution in [0.1, 0.15) is 76.3 Å². The van der Waals surface area contributed by atoms with E-state index in [2.05, 4.69) is 52.5 Å². The van der Waals surface area contributed by atoms with Crippen LogP contribution in [0.2, 0.25) is 10.0 Å². The van der Waals surface area contributed by atoms with Gasteiger partial charge in [-0.2, -0.15) is 9.40 Å². The Hall–Kier alpha value is -3.89. The molecule has 1 aliphatic heterocycles. The molecule has 5 aromatic rings. The average molecular weight is 704 g/mol. The molecule has 1 aliphatic carbocycles. The van der Waals surface area contributed by atoms with Gasteiger partial charge in [-0.15, -0.1) is 0 Å². The first kappa shape index (κ1) is 32.6. The topological polar surface area (TPSA) is 93.5 Å². The molecule has 11 heteroatoms. The van der Waals surface area contributed by atoms with E-state index in [1.54, 1.807) is 4.31 Å². The van der Waals surface area contributed by atoms with Crippen LogP contribution in [0.4, 0.5) is 0 Å². The minimum Gasteiger partial charge on any atom is -0.496 e. The van der Waals surface area contributed by atoms with Crippen LogP contribution >= 0.6 is 23.2 Å². The number of hydrogen-bond acceptors (Lipinski definition) is 5. The Kier molecular flexibility index (Phi) is 8.98. The van der Waals surface area contributed by atoms with Crippen molar-refractivity contribution in [3.8, 4) is 5.75 Å². The molecule has 0 spiro atoms. The number of hydrogen-bond donors (Lipinski definition) is 1. The first-order chi connectivity index (χ1) is 23.2. The molecule has 2 aliphatic rings. The fourth-order valence-electron chi connectivity index (χ4n) is 6.88. The van der Waals surface area contributed by atoms with Crippen molar-refractivity contribution in [3.05, 3.63) is 123 Å². The van der Waals surface area contributed by atoms with Crippen LogP contribution in [0.5, 0.6) is 5.75 Å². The molecule has 0 atom stereocenters. The van der Waals surface area contributed by atoms with Crippen molar-refractivity contribution >= 4 is 50.0 Å². The second-order valence-corrected chi connectivity index (χ2v) is 15.3. The molecule has 248 valence electrons. The van der Waals surface area contributed by atoms with E-state index in [9.17, 15) is 13.2 Å². The van der Waals surface area contributed by atoms with Crippen molar-refractivity contribution < 1.29 is 17.9 Å². The van der Waals surface area contributed by atoms with Crippen molar-refractivity contribution in [2.45, 2.75) is 48.5 Å². The fraction of sp³-hybridized carbons (Fsp3) is 0.297. The summed E-state index contributed by atoms with van der Waals surface area (Å²) in [5.74, 6) is -0.0184. The first-order valence-electron chi connectivity index (χ1n) is 16.1. The van der Waals surface area contributed by atoms with E-state index in [0.29, 0.717) is 42.0 Å². The second kappa shape index (κ2) is 13.2. The third kappa shape index (κ3) is 6.20. The maximum atomic E-state index is 13.8. The SMILES string of the molecule is CNC(=O)c1ccc(S(=O)(=O)N2CCC(c3c4cc(C(c5ccc(Cl)cc5)c5ccc(Cl)cc5)ccc4nn3C3CC3)CC2)cc1OC. The lowest BCUT2D eigenvalue weighted by Gasteiger charge is -2.32. The van der Waals surface area contributed by atoms with Crippen molar-refractivity contribution in [2.75, 3.05) is 27.2 Å². The van der Waals surface area contributed by atoms with Gasteiger partial charge in [0, 0.05) is 59.2 Å². The van der Waals surface area contributed by atoms with Gasteiger partial charge in [-0.1, -0.05) is 53.5 Å². The molecule has 2 fully saturated rings. The van der Waals surface area contributed by atoms with Crippen LogP contribution in [0.3, 0.4) is 0 Å². The van der Waals surface area contributed by atoms with E-state index in [1.165, 1.54) is 38.1 Å². The number of amides is 1. The third-order valence-electron chi connectivity index (χ3n) is 9.51. The minimum absolute atomic E-state index is 0.0418. The number of methoxy groups -OCH3 is 1. The highest BCUT2D eigenvalue weighted by molar-refractivity contribution is 7.89. The van der Waals surface area contributed by atoms with Crippen LogP contribution in [0, 0.1) is 0 Å². The van der Waals surface area contributed by atoms with Gasteiger partial charge in [0.1, 0.15) is 5.75 Å². The third-order valence-corrected chi connectivity index (χ3v) is 11.9. The van der Waals surface area contributed by atoms with Crippen molar-refractivity contribution in [1.82, 2.24) is 19.4 Å². The van der Waals surface area contributed by atoms with E-state index in [1.807, 2.05) is 24.3 Å². The lowest BCUT2D eigenvalue weighted by molar-refractivity contribution is 0.0960. The van der Waals surface area contributed by atoms with Crippen LogP contribution in [0.15, 0.2) is 89.8 Å². The zero-order valence-corrected chi connectivity index (χ0v) is 29.0.